The first kappa shape index (κ1) is 14.9. The normalized spacial score (nSPS) is 19.7. The lowest BCUT2D eigenvalue weighted by Gasteiger charge is -2.38. The van der Waals surface area contributed by atoms with E-state index in [4.69, 9.17) is 0 Å². The van der Waals surface area contributed by atoms with Gasteiger partial charge in [-0.15, -0.1) is 0 Å². The maximum atomic E-state index is 12.5. The second-order valence-electron chi connectivity index (χ2n) is 5.40. The number of benzene rings is 1. The van der Waals surface area contributed by atoms with Crippen LogP contribution in [0.4, 0.5) is 5.69 Å². The number of nitro benzene ring substituents is 1. The van der Waals surface area contributed by atoms with Crippen LogP contribution in [-0.4, -0.2) is 42.8 Å². The van der Waals surface area contributed by atoms with Crippen molar-refractivity contribution in [2.45, 2.75) is 24.3 Å². The highest BCUT2D eigenvalue weighted by Crippen LogP contribution is 2.22. The molecule has 7 nitrogen and oxygen atoms in total. The molecular weight excluding hydrogens is 282 g/mol. The van der Waals surface area contributed by atoms with Crippen LogP contribution in [0.5, 0.6) is 0 Å². The predicted molar refractivity (Wildman–Crippen MR) is 73.9 cm³/mol. The average Bonchev–Trinajstić information content (AvgIpc) is 2.37. The number of nitro groups is 1. The molecule has 1 aromatic carbocycles. The SMILES string of the molecule is CC1(C)CN(S(=O)(=O)c2ccc([N+](=O)[O-])cc2)CCN1. The summed E-state index contributed by atoms with van der Waals surface area (Å²) >= 11 is 0. The van der Waals surface area contributed by atoms with E-state index in [2.05, 4.69) is 5.32 Å². The second kappa shape index (κ2) is 5.12. The zero-order chi connectivity index (χ0) is 15.0. The molecule has 0 aromatic heterocycles. The van der Waals surface area contributed by atoms with Gasteiger partial charge in [0, 0.05) is 37.3 Å². The topological polar surface area (TPSA) is 92.5 Å². The Labute approximate surface area is 117 Å². The third kappa shape index (κ3) is 2.97. The molecule has 110 valence electrons. The van der Waals surface area contributed by atoms with Gasteiger partial charge in [0.05, 0.1) is 9.82 Å². The monoisotopic (exact) mass is 299 g/mol. The molecule has 20 heavy (non-hydrogen) atoms. The summed E-state index contributed by atoms with van der Waals surface area (Å²) in [6.07, 6.45) is 0. The largest absolute Gasteiger partial charge is 0.309 e. The lowest BCUT2D eigenvalue weighted by atomic mass is 10.0. The third-order valence-corrected chi connectivity index (χ3v) is 5.08. The molecule has 0 unspecified atom stereocenters. The summed E-state index contributed by atoms with van der Waals surface area (Å²) in [7, 11) is -3.60. The third-order valence-electron chi connectivity index (χ3n) is 3.22. The van der Waals surface area contributed by atoms with Crippen molar-refractivity contribution >= 4 is 15.7 Å². The number of nitrogens with zero attached hydrogens (tertiary/aromatic N) is 2. The molecule has 2 rings (SSSR count). The van der Waals surface area contributed by atoms with Crippen LogP contribution in [0.2, 0.25) is 0 Å². The molecule has 1 saturated heterocycles. The Hall–Kier alpha value is -1.51. The van der Waals surface area contributed by atoms with Crippen molar-refractivity contribution < 1.29 is 13.3 Å². The van der Waals surface area contributed by atoms with Crippen LogP contribution in [0.3, 0.4) is 0 Å². The van der Waals surface area contributed by atoms with E-state index in [1.165, 1.54) is 28.6 Å². The minimum atomic E-state index is -3.60. The van der Waals surface area contributed by atoms with E-state index >= 15 is 0 Å². The fourth-order valence-corrected chi connectivity index (χ4v) is 3.79. The van der Waals surface area contributed by atoms with Crippen molar-refractivity contribution in [3.63, 3.8) is 0 Å². The molecule has 1 aliphatic heterocycles. The molecule has 0 amide bonds. The summed E-state index contributed by atoms with van der Waals surface area (Å²) < 4.78 is 26.4. The van der Waals surface area contributed by atoms with Crippen LogP contribution in [0.1, 0.15) is 13.8 Å². The van der Waals surface area contributed by atoms with Gasteiger partial charge in [-0.3, -0.25) is 10.1 Å². The summed E-state index contributed by atoms with van der Waals surface area (Å²) in [5.41, 5.74) is -0.406. The van der Waals surface area contributed by atoms with Gasteiger partial charge in [0.25, 0.3) is 5.69 Å². The number of non-ortho nitro benzene ring substituents is 1. The molecule has 1 fully saturated rings. The van der Waals surface area contributed by atoms with Crippen LogP contribution in [0.15, 0.2) is 29.2 Å². The fourth-order valence-electron chi connectivity index (χ4n) is 2.19. The molecule has 0 saturated carbocycles. The van der Waals surface area contributed by atoms with Crippen LogP contribution in [-0.2, 0) is 10.0 Å². The summed E-state index contributed by atoms with van der Waals surface area (Å²) in [5, 5.41) is 13.8. The van der Waals surface area contributed by atoms with Crippen molar-refractivity contribution in [2.24, 2.45) is 0 Å². The maximum absolute atomic E-state index is 12.5. The van der Waals surface area contributed by atoms with Gasteiger partial charge >= 0.3 is 0 Å². The lowest BCUT2D eigenvalue weighted by Crippen LogP contribution is -2.58. The smallest absolute Gasteiger partial charge is 0.269 e. The first-order chi connectivity index (χ1) is 9.22. The van der Waals surface area contributed by atoms with Crippen molar-refractivity contribution in [2.75, 3.05) is 19.6 Å². The van der Waals surface area contributed by atoms with Crippen LogP contribution < -0.4 is 5.32 Å². The predicted octanol–water partition coefficient (Wildman–Crippen LogP) is 0.967. The Morgan fingerprint density at radius 1 is 1.30 bits per heavy atom. The molecule has 8 heteroatoms. The number of nitrogens with one attached hydrogen (secondary N) is 1. The van der Waals surface area contributed by atoms with E-state index in [0.717, 1.165) is 0 Å². The quantitative estimate of drug-likeness (QED) is 0.663. The highest BCUT2D eigenvalue weighted by atomic mass is 32.2. The molecule has 0 radical (unpaired) electrons. The van der Waals surface area contributed by atoms with Gasteiger partial charge in [-0.05, 0) is 26.0 Å². The number of rotatable bonds is 3. The Kier molecular flexibility index (Phi) is 3.81. The summed E-state index contributed by atoms with van der Waals surface area (Å²) in [4.78, 5) is 10.1. The minimum absolute atomic E-state index is 0.0841. The van der Waals surface area contributed by atoms with E-state index in [-0.39, 0.29) is 16.1 Å². The summed E-state index contributed by atoms with van der Waals surface area (Å²) in [6.45, 7) is 5.21. The molecular formula is C12H17N3O4S. The number of hydrogen-bond acceptors (Lipinski definition) is 5. The Bertz CT molecular complexity index is 610. The average molecular weight is 299 g/mol. The van der Waals surface area contributed by atoms with Crippen molar-refractivity contribution in [3.05, 3.63) is 34.4 Å². The van der Waals surface area contributed by atoms with E-state index in [1.54, 1.807) is 0 Å². The van der Waals surface area contributed by atoms with Gasteiger partial charge in [0.15, 0.2) is 0 Å². The zero-order valence-electron chi connectivity index (χ0n) is 11.4. The molecule has 1 aliphatic rings. The van der Waals surface area contributed by atoms with Gasteiger partial charge in [-0.2, -0.15) is 4.31 Å². The fraction of sp³-hybridized carbons (Fsp3) is 0.500. The molecule has 1 N–H and O–H groups in total. The van der Waals surface area contributed by atoms with Crippen LogP contribution in [0.25, 0.3) is 0 Å². The van der Waals surface area contributed by atoms with E-state index in [9.17, 15) is 18.5 Å². The van der Waals surface area contributed by atoms with Gasteiger partial charge in [-0.1, -0.05) is 0 Å². The molecule has 0 bridgehead atoms. The highest BCUT2D eigenvalue weighted by Gasteiger charge is 2.33. The van der Waals surface area contributed by atoms with Gasteiger partial charge in [0.1, 0.15) is 0 Å². The van der Waals surface area contributed by atoms with Crippen molar-refractivity contribution in [1.82, 2.24) is 9.62 Å². The number of sulfonamides is 1. The maximum Gasteiger partial charge on any atom is 0.269 e. The molecule has 1 heterocycles. The van der Waals surface area contributed by atoms with Gasteiger partial charge in [0.2, 0.25) is 10.0 Å². The molecule has 0 spiro atoms. The lowest BCUT2D eigenvalue weighted by molar-refractivity contribution is -0.384. The molecule has 0 aliphatic carbocycles. The first-order valence-electron chi connectivity index (χ1n) is 6.22. The first-order valence-corrected chi connectivity index (χ1v) is 7.66. The van der Waals surface area contributed by atoms with Crippen LogP contribution >= 0.6 is 0 Å². The summed E-state index contributed by atoms with van der Waals surface area (Å²) in [5.74, 6) is 0. The molecule has 1 aromatic rings. The van der Waals surface area contributed by atoms with Crippen molar-refractivity contribution in [1.29, 1.82) is 0 Å². The van der Waals surface area contributed by atoms with E-state index in [0.29, 0.717) is 19.6 Å². The van der Waals surface area contributed by atoms with E-state index in [1.807, 2.05) is 13.8 Å². The molecule has 0 atom stereocenters. The highest BCUT2D eigenvalue weighted by molar-refractivity contribution is 7.89. The van der Waals surface area contributed by atoms with Crippen LogP contribution in [0, 0.1) is 10.1 Å². The standard InChI is InChI=1S/C12H17N3O4S/c1-12(2)9-14(8-7-13-12)20(18,19)11-5-3-10(4-6-11)15(16)17/h3-6,13H,7-9H2,1-2H3. The van der Waals surface area contributed by atoms with Crippen molar-refractivity contribution in [3.8, 4) is 0 Å². The Balaban J connectivity index is 2.28. The Morgan fingerprint density at radius 2 is 1.90 bits per heavy atom. The number of piperazine rings is 1. The second-order valence-corrected chi connectivity index (χ2v) is 7.34. The van der Waals surface area contributed by atoms with E-state index < -0.39 is 14.9 Å². The van der Waals surface area contributed by atoms with Gasteiger partial charge in [-0.25, -0.2) is 8.42 Å². The summed E-state index contributed by atoms with van der Waals surface area (Å²) in [6, 6.07) is 4.98. The zero-order valence-corrected chi connectivity index (χ0v) is 12.2. The number of hydrogen-bond donors (Lipinski definition) is 1. The Morgan fingerprint density at radius 3 is 2.40 bits per heavy atom. The van der Waals surface area contributed by atoms with Gasteiger partial charge < -0.3 is 5.32 Å². The minimum Gasteiger partial charge on any atom is -0.309 e.